The molecule has 1 rings (SSSR count). The maximum atomic E-state index is 11.6. The number of rotatable bonds is 4. The Labute approximate surface area is 114 Å². The molecular formula is C11H10Cl3NO2. The van der Waals surface area contributed by atoms with Gasteiger partial charge in [-0.1, -0.05) is 30.1 Å². The maximum Gasteiger partial charge on any atom is 0.255 e. The van der Waals surface area contributed by atoms with Gasteiger partial charge in [-0.3, -0.25) is 9.59 Å². The lowest BCUT2D eigenvalue weighted by atomic mass is 10.1. The molecule has 92 valence electrons. The number of carbonyl (C=O) groups excluding carboxylic acids is 2. The first-order chi connectivity index (χ1) is 7.97. The fourth-order valence-corrected chi connectivity index (χ4v) is 2.19. The van der Waals surface area contributed by atoms with E-state index in [9.17, 15) is 9.59 Å². The molecular weight excluding hydrogens is 284 g/mol. The summed E-state index contributed by atoms with van der Waals surface area (Å²) in [4.78, 5) is 22.7. The Morgan fingerprint density at radius 2 is 1.76 bits per heavy atom. The normalized spacial score (nSPS) is 10.1. The third-order valence-electron chi connectivity index (χ3n) is 2.04. The van der Waals surface area contributed by atoms with E-state index in [-0.39, 0.29) is 21.5 Å². The number of nitrogens with one attached hydrogen (secondary N) is 1. The third-order valence-corrected chi connectivity index (χ3v) is 2.82. The molecule has 0 saturated carbocycles. The quantitative estimate of drug-likeness (QED) is 0.864. The van der Waals surface area contributed by atoms with Crippen molar-refractivity contribution in [3.8, 4) is 0 Å². The van der Waals surface area contributed by atoms with Gasteiger partial charge in [0.2, 0.25) is 0 Å². The Morgan fingerprint density at radius 3 is 2.18 bits per heavy atom. The van der Waals surface area contributed by atoms with Gasteiger partial charge in [0, 0.05) is 12.1 Å². The first-order valence-corrected chi connectivity index (χ1v) is 6.07. The highest BCUT2D eigenvalue weighted by atomic mass is 35.5. The summed E-state index contributed by atoms with van der Waals surface area (Å²) in [7, 11) is 0. The highest BCUT2D eigenvalue weighted by Crippen LogP contribution is 2.28. The fraction of sp³-hybridized carbons (Fsp3) is 0.273. The van der Waals surface area contributed by atoms with E-state index in [2.05, 4.69) is 5.32 Å². The Morgan fingerprint density at radius 1 is 1.24 bits per heavy atom. The van der Waals surface area contributed by atoms with Gasteiger partial charge in [0.25, 0.3) is 11.1 Å². The molecule has 1 aromatic rings. The van der Waals surface area contributed by atoms with Crippen molar-refractivity contribution in [2.45, 2.75) is 13.3 Å². The average Bonchev–Trinajstić information content (AvgIpc) is 2.24. The predicted molar refractivity (Wildman–Crippen MR) is 69.3 cm³/mol. The molecule has 0 fully saturated rings. The standard InChI is InChI=1S/C11H10Cl3NO2/c1-2-3-15-11(17)6-4-7(12)9(10(14)16)8(13)5-6/h4-5H,2-3H2,1H3,(H,15,17). The molecule has 0 aliphatic carbocycles. The van der Waals surface area contributed by atoms with E-state index in [1.54, 1.807) is 0 Å². The predicted octanol–water partition coefficient (Wildman–Crippen LogP) is 3.51. The number of hydrogen-bond donors (Lipinski definition) is 1. The zero-order chi connectivity index (χ0) is 13.0. The molecule has 17 heavy (non-hydrogen) atoms. The molecule has 0 aliphatic heterocycles. The molecule has 0 unspecified atom stereocenters. The van der Waals surface area contributed by atoms with Gasteiger partial charge in [0.1, 0.15) is 0 Å². The van der Waals surface area contributed by atoms with Crippen LogP contribution in [0.4, 0.5) is 0 Å². The summed E-state index contributed by atoms with van der Waals surface area (Å²) in [5.74, 6) is -0.288. The van der Waals surface area contributed by atoms with Crippen molar-refractivity contribution in [2.75, 3.05) is 6.54 Å². The highest BCUT2D eigenvalue weighted by molar-refractivity contribution is 6.70. The largest absolute Gasteiger partial charge is 0.352 e. The number of benzene rings is 1. The summed E-state index contributed by atoms with van der Waals surface area (Å²) in [6, 6.07) is 2.74. The lowest BCUT2D eigenvalue weighted by Gasteiger charge is -2.07. The van der Waals surface area contributed by atoms with Crippen molar-refractivity contribution in [1.29, 1.82) is 0 Å². The Balaban J connectivity index is 3.06. The monoisotopic (exact) mass is 293 g/mol. The van der Waals surface area contributed by atoms with Crippen molar-refractivity contribution in [1.82, 2.24) is 5.32 Å². The molecule has 1 N–H and O–H groups in total. The molecule has 0 radical (unpaired) electrons. The van der Waals surface area contributed by atoms with Gasteiger partial charge in [-0.05, 0) is 30.2 Å². The number of carbonyl (C=O) groups is 2. The first kappa shape index (κ1) is 14.3. The molecule has 0 aromatic heterocycles. The van der Waals surface area contributed by atoms with Gasteiger partial charge in [-0.15, -0.1) is 0 Å². The van der Waals surface area contributed by atoms with Gasteiger partial charge in [-0.25, -0.2) is 0 Å². The van der Waals surface area contributed by atoms with Crippen LogP contribution in [-0.4, -0.2) is 17.7 Å². The van der Waals surface area contributed by atoms with Crippen molar-refractivity contribution < 1.29 is 9.59 Å². The molecule has 0 bridgehead atoms. The Bertz CT molecular complexity index is 437. The van der Waals surface area contributed by atoms with Crippen LogP contribution in [0.3, 0.4) is 0 Å². The lowest BCUT2D eigenvalue weighted by molar-refractivity contribution is 0.0952. The van der Waals surface area contributed by atoms with Crippen molar-refractivity contribution in [3.63, 3.8) is 0 Å². The Hall–Kier alpha value is -0.770. The van der Waals surface area contributed by atoms with Crippen LogP contribution in [0.15, 0.2) is 12.1 Å². The number of hydrogen-bond acceptors (Lipinski definition) is 2. The highest BCUT2D eigenvalue weighted by Gasteiger charge is 2.16. The molecule has 0 spiro atoms. The third kappa shape index (κ3) is 3.60. The van der Waals surface area contributed by atoms with Gasteiger partial charge in [0.15, 0.2) is 0 Å². The number of halogens is 3. The minimum atomic E-state index is -0.750. The van der Waals surface area contributed by atoms with E-state index in [0.717, 1.165) is 6.42 Å². The second kappa shape index (κ2) is 6.24. The van der Waals surface area contributed by atoms with E-state index >= 15 is 0 Å². The smallest absolute Gasteiger partial charge is 0.255 e. The molecule has 0 aliphatic rings. The maximum absolute atomic E-state index is 11.6. The van der Waals surface area contributed by atoms with Crippen LogP contribution in [-0.2, 0) is 0 Å². The van der Waals surface area contributed by atoms with Gasteiger partial charge < -0.3 is 5.32 Å². The fourth-order valence-electron chi connectivity index (χ4n) is 1.23. The minimum absolute atomic E-state index is 0.0158. The summed E-state index contributed by atoms with van der Waals surface area (Å²) < 4.78 is 0. The zero-order valence-electron chi connectivity index (χ0n) is 9.02. The van der Waals surface area contributed by atoms with Gasteiger partial charge in [0.05, 0.1) is 15.6 Å². The van der Waals surface area contributed by atoms with Crippen LogP contribution >= 0.6 is 34.8 Å². The van der Waals surface area contributed by atoms with Crippen LogP contribution in [0.25, 0.3) is 0 Å². The molecule has 0 heterocycles. The summed E-state index contributed by atoms with van der Waals surface area (Å²) >= 11 is 17.0. The van der Waals surface area contributed by atoms with Gasteiger partial charge >= 0.3 is 0 Å². The number of amides is 1. The SMILES string of the molecule is CCCNC(=O)c1cc(Cl)c(C(=O)Cl)c(Cl)c1. The lowest BCUT2D eigenvalue weighted by Crippen LogP contribution is -2.24. The second-order valence-electron chi connectivity index (χ2n) is 3.34. The first-order valence-electron chi connectivity index (χ1n) is 4.94. The van der Waals surface area contributed by atoms with Crippen LogP contribution < -0.4 is 5.32 Å². The van der Waals surface area contributed by atoms with E-state index < -0.39 is 5.24 Å². The molecule has 1 amide bonds. The minimum Gasteiger partial charge on any atom is -0.352 e. The summed E-state index contributed by atoms with van der Waals surface area (Å²) in [5.41, 5.74) is 0.317. The zero-order valence-corrected chi connectivity index (χ0v) is 11.3. The van der Waals surface area contributed by atoms with Crippen LogP contribution in [0.1, 0.15) is 34.1 Å². The van der Waals surface area contributed by atoms with E-state index in [0.29, 0.717) is 12.1 Å². The van der Waals surface area contributed by atoms with Crippen LogP contribution in [0, 0.1) is 0 Å². The van der Waals surface area contributed by atoms with Crippen LogP contribution in [0.2, 0.25) is 10.0 Å². The van der Waals surface area contributed by atoms with E-state index in [4.69, 9.17) is 34.8 Å². The summed E-state index contributed by atoms with van der Waals surface area (Å²) in [5, 5.41) is 2.07. The second-order valence-corrected chi connectivity index (χ2v) is 4.50. The van der Waals surface area contributed by atoms with Crippen LogP contribution in [0.5, 0.6) is 0 Å². The molecule has 0 saturated heterocycles. The van der Waals surface area contributed by atoms with Crippen molar-refractivity contribution >= 4 is 46.0 Å². The van der Waals surface area contributed by atoms with E-state index in [1.165, 1.54) is 12.1 Å². The Kier molecular flexibility index (Phi) is 5.25. The van der Waals surface area contributed by atoms with E-state index in [1.807, 2.05) is 6.92 Å². The van der Waals surface area contributed by atoms with Crippen molar-refractivity contribution in [2.24, 2.45) is 0 Å². The molecule has 0 atom stereocenters. The molecule has 3 nitrogen and oxygen atoms in total. The topological polar surface area (TPSA) is 46.2 Å². The van der Waals surface area contributed by atoms with Crippen molar-refractivity contribution in [3.05, 3.63) is 33.3 Å². The summed E-state index contributed by atoms with van der Waals surface area (Å²) in [6.45, 7) is 2.50. The molecule has 6 heteroatoms. The average molecular weight is 295 g/mol. The summed E-state index contributed by atoms with van der Waals surface area (Å²) in [6.07, 6.45) is 0.825. The molecule has 1 aromatic carbocycles. The van der Waals surface area contributed by atoms with Gasteiger partial charge in [-0.2, -0.15) is 0 Å².